The summed E-state index contributed by atoms with van der Waals surface area (Å²) in [6, 6.07) is 10.4. The number of alkyl halides is 1. The summed E-state index contributed by atoms with van der Waals surface area (Å²) in [5.74, 6) is 3.27. The van der Waals surface area contributed by atoms with Gasteiger partial charge in [-0.1, -0.05) is 24.3 Å². The predicted octanol–water partition coefficient (Wildman–Crippen LogP) is 6.94. The van der Waals surface area contributed by atoms with Gasteiger partial charge < -0.3 is 0 Å². The average molecular weight is 354 g/mol. The summed E-state index contributed by atoms with van der Waals surface area (Å²) >= 11 is 0. The standard InChI is InChI=1S/C24H32FN/c25-17-3-1-2-4-19-5-9-21(10-6-19)23-13-15-24(16-14-23)22-11-7-20(18-26)8-12-22/h2,4,7-8,11-12,19,21,23-24H,1,3,5-6,9-10,13-17H2/b4-2+. The van der Waals surface area contributed by atoms with Gasteiger partial charge in [0.05, 0.1) is 18.3 Å². The summed E-state index contributed by atoms with van der Waals surface area (Å²) in [6.07, 6.45) is 16.9. The van der Waals surface area contributed by atoms with Gasteiger partial charge in [0.1, 0.15) is 0 Å². The molecule has 1 aromatic rings. The first-order chi connectivity index (χ1) is 12.8. The molecule has 1 aromatic carbocycles. The normalized spacial score (nSPS) is 29.5. The Morgan fingerprint density at radius 3 is 2.12 bits per heavy atom. The second-order valence-corrected chi connectivity index (χ2v) is 8.28. The number of unbranched alkanes of at least 4 members (excludes halogenated alkanes) is 1. The van der Waals surface area contributed by atoms with Crippen molar-refractivity contribution in [2.45, 2.75) is 70.1 Å². The van der Waals surface area contributed by atoms with Crippen LogP contribution in [0.3, 0.4) is 0 Å². The van der Waals surface area contributed by atoms with Crippen LogP contribution in [0.5, 0.6) is 0 Å². The largest absolute Gasteiger partial charge is 0.251 e. The fourth-order valence-corrected chi connectivity index (χ4v) is 5.05. The number of hydrogen-bond acceptors (Lipinski definition) is 1. The number of nitrogens with zero attached hydrogens (tertiary/aromatic N) is 1. The van der Waals surface area contributed by atoms with Gasteiger partial charge in [0, 0.05) is 0 Å². The topological polar surface area (TPSA) is 23.8 Å². The van der Waals surface area contributed by atoms with E-state index in [0.29, 0.717) is 12.3 Å². The van der Waals surface area contributed by atoms with Crippen molar-refractivity contribution < 1.29 is 4.39 Å². The van der Waals surface area contributed by atoms with Crippen molar-refractivity contribution in [3.8, 4) is 6.07 Å². The molecule has 0 spiro atoms. The van der Waals surface area contributed by atoms with E-state index in [-0.39, 0.29) is 6.67 Å². The molecule has 0 radical (unpaired) electrons. The highest BCUT2D eigenvalue weighted by atomic mass is 19.1. The highest BCUT2D eigenvalue weighted by Gasteiger charge is 2.30. The Morgan fingerprint density at radius 1 is 0.923 bits per heavy atom. The van der Waals surface area contributed by atoms with Crippen LogP contribution < -0.4 is 0 Å². The predicted molar refractivity (Wildman–Crippen MR) is 106 cm³/mol. The zero-order valence-corrected chi connectivity index (χ0v) is 15.9. The van der Waals surface area contributed by atoms with Gasteiger partial charge in [-0.2, -0.15) is 5.26 Å². The van der Waals surface area contributed by atoms with Crippen LogP contribution in [-0.4, -0.2) is 6.67 Å². The van der Waals surface area contributed by atoms with Gasteiger partial charge >= 0.3 is 0 Å². The van der Waals surface area contributed by atoms with E-state index in [2.05, 4.69) is 30.4 Å². The molecule has 2 aliphatic rings. The molecular weight excluding hydrogens is 321 g/mol. The number of nitriles is 1. The molecule has 2 fully saturated rings. The minimum absolute atomic E-state index is 0.192. The van der Waals surface area contributed by atoms with Gasteiger partial charge in [-0.05, 0) is 106 Å². The fraction of sp³-hybridized carbons (Fsp3) is 0.625. The van der Waals surface area contributed by atoms with E-state index in [0.717, 1.165) is 29.7 Å². The minimum Gasteiger partial charge on any atom is -0.251 e. The number of allylic oxidation sites excluding steroid dienone is 2. The highest BCUT2D eigenvalue weighted by Crippen LogP contribution is 2.44. The van der Waals surface area contributed by atoms with Crippen LogP contribution in [0.2, 0.25) is 0 Å². The smallest absolute Gasteiger partial charge is 0.0991 e. The van der Waals surface area contributed by atoms with Crippen molar-refractivity contribution in [3.05, 3.63) is 47.5 Å². The lowest BCUT2D eigenvalue weighted by molar-refractivity contribution is 0.171. The average Bonchev–Trinajstić information content (AvgIpc) is 2.72. The van der Waals surface area contributed by atoms with Gasteiger partial charge in [-0.15, -0.1) is 0 Å². The van der Waals surface area contributed by atoms with Crippen LogP contribution >= 0.6 is 0 Å². The summed E-state index contributed by atoms with van der Waals surface area (Å²) < 4.78 is 12.1. The molecule has 2 saturated carbocycles. The third-order valence-corrected chi connectivity index (χ3v) is 6.68. The zero-order valence-electron chi connectivity index (χ0n) is 15.9. The van der Waals surface area contributed by atoms with Gasteiger partial charge in [0.15, 0.2) is 0 Å². The van der Waals surface area contributed by atoms with E-state index in [1.807, 2.05) is 12.1 Å². The van der Waals surface area contributed by atoms with Gasteiger partial charge in [-0.25, -0.2) is 0 Å². The molecule has 0 aromatic heterocycles. The van der Waals surface area contributed by atoms with Crippen LogP contribution in [-0.2, 0) is 0 Å². The lowest BCUT2D eigenvalue weighted by atomic mass is 9.68. The van der Waals surface area contributed by atoms with Crippen molar-refractivity contribution in [2.75, 3.05) is 6.67 Å². The Bertz CT molecular complexity index is 596. The molecule has 140 valence electrons. The Morgan fingerprint density at radius 2 is 1.54 bits per heavy atom. The van der Waals surface area contributed by atoms with Crippen LogP contribution in [0.1, 0.15) is 81.3 Å². The Labute approximate surface area is 158 Å². The lowest BCUT2D eigenvalue weighted by Crippen LogP contribution is -2.25. The quantitative estimate of drug-likeness (QED) is 0.401. The molecular formula is C24H32FN. The maximum Gasteiger partial charge on any atom is 0.0991 e. The number of hydrogen-bond donors (Lipinski definition) is 0. The molecule has 0 heterocycles. The molecule has 0 N–H and O–H groups in total. The Balaban J connectivity index is 1.41. The monoisotopic (exact) mass is 353 g/mol. The van der Waals surface area contributed by atoms with Crippen molar-refractivity contribution in [1.29, 1.82) is 5.26 Å². The van der Waals surface area contributed by atoms with Crippen LogP contribution in [0.25, 0.3) is 0 Å². The minimum atomic E-state index is -0.192. The van der Waals surface area contributed by atoms with Crippen molar-refractivity contribution in [1.82, 2.24) is 0 Å². The van der Waals surface area contributed by atoms with Crippen molar-refractivity contribution >= 4 is 0 Å². The molecule has 0 saturated heterocycles. The van der Waals surface area contributed by atoms with Gasteiger partial charge in [0.25, 0.3) is 0 Å². The lowest BCUT2D eigenvalue weighted by Gasteiger charge is -2.37. The summed E-state index contributed by atoms with van der Waals surface area (Å²) in [5, 5.41) is 8.94. The molecule has 0 aliphatic heterocycles. The van der Waals surface area contributed by atoms with Crippen molar-refractivity contribution in [2.24, 2.45) is 17.8 Å². The van der Waals surface area contributed by atoms with Crippen LogP contribution in [0.15, 0.2) is 36.4 Å². The van der Waals surface area contributed by atoms with Gasteiger partial charge in [0.2, 0.25) is 0 Å². The van der Waals surface area contributed by atoms with Gasteiger partial charge in [-0.3, -0.25) is 4.39 Å². The number of halogens is 1. The molecule has 0 unspecified atom stereocenters. The second kappa shape index (κ2) is 9.91. The third-order valence-electron chi connectivity index (χ3n) is 6.68. The molecule has 2 heteroatoms. The summed E-state index contributed by atoms with van der Waals surface area (Å²) in [6.45, 7) is -0.192. The maximum absolute atomic E-state index is 12.1. The summed E-state index contributed by atoms with van der Waals surface area (Å²) in [4.78, 5) is 0. The van der Waals surface area contributed by atoms with Crippen molar-refractivity contribution in [3.63, 3.8) is 0 Å². The molecule has 3 rings (SSSR count). The number of rotatable bonds is 6. The first-order valence-corrected chi connectivity index (χ1v) is 10.5. The molecule has 0 atom stereocenters. The summed E-state index contributed by atoms with van der Waals surface area (Å²) in [5.41, 5.74) is 2.18. The van der Waals surface area contributed by atoms with Crippen LogP contribution in [0, 0.1) is 29.1 Å². The zero-order chi connectivity index (χ0) is 18.2. The maximum atomic E-state index is 12.1. The van der Waals surface area contributed by atoms with E-state index < -0.39 is 0 Å². The highest BCUT2D eigenvalue weighted by molar-refractivity contribution is 5.33. The van der Waals surface area contributed by atoms with E-state index in [9.17, 15) is 4.39 Å². The SMILES string of the molecule is N#Cc1ccc(C2CCC(C3CCC(/C=C/CCCF)CC3)CC2)cc1. The van der Waals surface area contributed by atoms with E-state index in [4.69, 9.17) is 5.26 Å². The molecule has 1 nitrogen and oxygen atoms in total. The molecule has 26 heavy (non-hydrogen) atoms. The number of benzene rings is 1. The first-order valence-electron chi connectivity index (χ1n) is 10.5. The fourth-order valence-electron chi connectivity index (χ4n) is 5.05. The first kappa shape index (κ1) is 19.2. The summed E-state index contributed by atoms with van der Waals surface area (Å²) in [7, 11) is 0. The Kier molecular flexibility index (Phi) is 7.30. The van der Waals surface area contributed by atoms with Crippen LogP contribution in [0.4, 0.5) is 4.39 Å². The van der Waals surface area contributed by atoms with E-state index in [1.165, 1.54) is 56.9 Å². The van der Waals surface area contributed by atoms with E-state index >= 15 is 0 Å². The van der Waals surface area contributed by atoms with E-state index in [1.54, 1.807) is 0 Å². The Hall–Kier alpha value is -1.62. The molecule has 0 amide bonds. The molecule has 0 bridgehead atoms. The third kappa shape index (κ3) is 5.19. The molecule has 2 aliphatic carbocycles. The second-order valence-electron chi connectivity index (χ2n) is 8.28.